The normalized spacial score (nSPS) is 11.9. The van der Waals surface area contributed by atoms with Crippen LogP contribution in [0.1, 0.15) is 12.5 Å². The smallest absolute Gasteiger partial charge is 0.204 e. The summed E-state index contributed by atoms with van der Waals surface area (Å²) in [5.41, 5.74) is 7.09. The van der Waals surface area contributed by atoms with Crippen molar-refractivity contribution in [1.82, 2.24) is 4.98 Å². The largest absolute Gasteiger partial charge is 0.497 e. The lowest BCUT2D eigenvalue weighted by atomic mass is 10.1. The zero-order valence-corrected chi connectivity index (χ0v) is 18.1. The Labute approximate surface area is 183 Å². The standard InChI is InChI=1S/C25H21N3O2S/c1-3-16-8-13-22-19(14-16)21(15-23(30-22)17-9-11-18(29-2)12-10-17)27-28-25-26-20-6-4-5-7-24(20)31-25/h4-15H,3H2,1-2H3,(H,26,28)/b27-21+. The molecule has 0 fully saturated rings. The van der Waals surface area contributed by atoms with Crippen molar-refractivity contribution in [3.8, 4) is 17.1 Å². The monoisotopic (exact) mass is 427 g/mol. The number of para-hydroxylation sites is 1. The van der Waals surface area contributed by atoms with Gasteiger partial charge < -0.3 is 9.15 Å². The maximum atomic E-state index is 6.22. The Hall–Kier alpha value is -3.64. The van der Waals surface area contributed by atoms with Gasteiger partial charge in [0.15, 0.2) is 0 Å². The molecule has 0 aliphatic rings. The number of rotatable bonds is 5. The highest BCUT2D eigenvalue weighted by Crippen LogP contribution is 2.27. The van der Waals surface area contributed by atoms with Gasteiger partial charge in [0.25, 0.3) is 0 Å². The minimum absolute atomic E-state index is 0.740. The van der Waals surface area contributed by atoms with Crippen LogP contribution in [0.15, 0.2) is 82.3 Å². The second kappa shape index (κ2) is 8.24. The van der Waals surface area contributed by atoms with E-state index in [1.165, 1.54) is 5.56 Å². The van der Waals surface area contributed by atoms with Crippen LogP contribution < -0.4 is 15.5 Å². The summed E-state index contributed by atoms with van der Waals surface area (Å²) < 4.78 is 12.6. The van der Waals surface area contributed by atoms with E-state index in [1.807, 2.05) is 54.6 Å². The fourth-order valence-corrected chi connectivity index (χ4v) is 4.26. The third kappa shape index (κ3) is 3.90. The third-order valence-corrected chi connectivity index (χ3v) is 6.10. The van der Waals surface area contributed by atoms with Crippen molar-refractivity contribution in [2.75, 3.05) is 12.5 Å². The molecule has 3 aromatic carbocycles. The first-order valence-corrected chi connectivity index (χ1v) is 10.9. The number of hydrogen-bond acceptors (Lipinski definition) is 6. The second-order valence-corrected chi connectivity index (χ2v) is 8.15. The quantitative estimate of drug-likeness (QED) is 0.339. The van der Waals surface area contributed by atoms with Crippen molar-refractivity contribution in [2.45, 2.75) is 13.3 Å². The Morgan fingerprint density at radius 3 is 2.65 bits per heavy atom. The summed E-state index contributed by atoms with van der Waals surface area (Å²) in [7, 11) is 1.66. The summed E-state index contributed by atoms with van der Waals surface area (Å²) in [5, 5.41) is 7.24. The highest BCUT2D eigenvalue weighted by Gasteiger charge is 2.08. The minimum atomic E-state index is 0.740. The first-order valence-electron chi connectivity index (χ1n) is 10.1. The number of nitrogens with zero attached hydrogens (tertiary/aromatic N) is 2. The number of aromatic nitrogens is 1. The SMILES string of the molecule is CCc1ccc2oc(-c3ccc(OC)cc3)c/c(=N\Nc3nc4ccccc4s3)c2c1. The molecule has 0 saturated heterocycles. The van der Waals surface area contributed by atoms with Crippen LogP contribution in [0.5, 0.6) is 5.75 Å². The molecule has 6 heteroatoms. The van der Waals surface area contributed by atoms with Crippen molar-refractivity contribution >= 4 is 37.7 Å². The van der Waals surface area contributed by atoms with E-state index < -0.39 is 0 Å². The maximum absolute atomic E-state index is 6.22. The van der Waals surface area contributed by atoms with Crippen LogP contribution in [0, 0.1) is 0 Å². The molecule has 1 N–H and O–H groups in total. The van der Waals surface area contributed by atoms with Gasteiger partial charge in [-0.05, 0) is 60.5 Å². The lowest BCUT2D eigenvalue weighted by Crippen LogP contribution is -2.07. The maximum Gasteiger partial charge on any atom is 0.204 e. The third-order valence-electron chi connectivity index (χ3n) is 5.16. The topological polar surface area (TPSA) is 59.7 Å². The van der Waals surface area contributed by atoms with Crippen LogP contribution >= 0.6 is 11.3 Å². The van der Waals surface area contributed by atoms with Gasteiger partial charge in [-0.1, -0.05) is 36.5 Å². The Morgan fingerprint density at radius 1 is 1.03 bits per heavy atom. The van der Waals surface area contributed by atoms with E-state index in [-0.39, 0.29) is 0 Å². The summed E-state index contributed by atoms with van der Waals surface area (Å²) >= 11 is 1.58. The summed E-state index contributed by atoms with van der Waals surface area (Å²) in [5.74, 6) is 1.55. The number of nitrogens with one attached hydrogen (secondary N) is 1. The summed E-state index contributed by atoms with van der Waals surface area (Å²) in [4.78, 5) is 4.62. The number of ether oxygens (including phenoxy) is 1. The van der Waals surface area contributed by atoms with Crippen LogP contribution in [-0.4, -0.2) is 12.1 Å². The Morgan fingerprint density at radius 2 is 1.87 bits per heavy atom. The summed E-state index contributed by atoms with van der Waals surface area (Å²) in [6, 6.07) is 24.1. The van der Waals surface area contributed by atoms with Gasteiger partial charge in [0, 0.05) is 17.0 Å². The van der Waals surface area contributed by atoms with Gasteiger partial charge in [0.2, 0.25) is 5.13 Å². The predicted octanol–water partition coefficient (Wildman–Crippen LogP) is 6.21. The van der Waals surface area contributed by atoms with Crippen LogP contribution in [0.3, 0.4) is 0 Å². The second-order valence-electron chi connectivity index (χ2n) is 7.12. The minimum Gasteiger partial charge on any atom is -0.497 e. The van der Waals surface area contributed by atoms with E-state index >= 15 is 0 Å². The molecule has 0 atom stereocenters. The van der Waals surface area contributed by atoms with Gasteiger partial charge in [0.05, 0.1) is 22.7 Å². The molecular formula is C25H21N3O2S. The number of thiazole rings is 1. The highest BCUT2D eigenvalue weighted by atomic mass is 32.1. The number of anilines is 1. The van der Waals surface area contributed by atoms with Crippen LogP contribution in [0.25, 0.3) is 32.5 Å². The zero-order chi connectivity index (χ0) is 21.2. The van der Waals surface area contributed by atoms with E-state index in [9.17, 15) is 0 Å². The number of hydrogen-bond donors (Lipinski definition) is 1. The highest BCUT2D eigenvalue weighted by molar-refractivity contribution is 7.22. The van der Waals surface area contributed by atoms with Gasteiger partial charge in [-0.3, -0.25) is 5.43 Å². The fourth-order valence-electron chi connectivity index (χ4n) is 3.45. The Balaban J connectivity index is 1.63. The number of aryl methyl sites for hydroxylation is 1. The van der Waals surface area contributed by atoms with Crippen LogP contribution in [-0.2, 0) is 6.42 Å². The molecule has 0 aliphatic heterocycles. The van der Waals surface area contributed by atoms with E-state index in [1.54, 1.807) is 18.4 Å². The van der Waals surface area contributed by atoms with E-state index in [2.05, 4.69) is 35.5 Å². The molecule has 154 valence electrons. The average Bonchev–Trinajstić information content (AvgIpc) is 3.25. The van der Waals surface area contributed by atoms with Crippen molar-refractivity contribution in [1.29, 1.82) is 0 Å². The average molecular weight is 428 g/mol. The number of benzene rings is 3. The van der Waals surface area contributed by atoms with Crippen molar-refractivity contribution < 1.29 is 9.15 Å². The lowest BCUT2D eigenvalue weighted by Gasteiger charge is -2.07. The molecule has 5 aromatic rings. The first-order chi connectivity index (χ1) is 15.2. The fraction of sp³-hybridized carbons (Fsp3) is 0.120. The zero-order valence-electron chi connectivity index (χ0n) is 17.3. The van der Waals surface area contributed by atoms with Gasteiger partial charge >= 0.3 is 0 Å². The van der Waals surface area contributed by atoms with Gasteiger partial charge in [-0.25, -0.2) is 4.98 Å². The molecule has 2 heterocycles. The molecular weight excluding hydrogens is 406 g/mol. The van der Waals surface area contributed by atoms with E-state index in [4.69, 9.17) is 14.3 Å². The van der Waals surface area contributed by atoms with Gasteiger partial charge in [-0.15, -0.1) is 0 Å². The molecule has 5 nitrogen and oxygen atoms in total. The number of fused-ring (bicyclic) bond motifs is 2. The molecule has 0 bridgehead atoms. The summed E-state index contributed by atoms with van der Waals surface area (Å²) in [6.45, 7) is 2.14. The lowest BCUT2D eigenvalue weighted by molar-refractivity contribution is 0.415. The molecule has 0 spiro atoms. The van der Waals surface area contributed by atoms with Gasteiger partial charge in [-0.2, -0.15) is 5.10 Å². The molecule has 0 unspecified atom stereocenters. The molecule has 2 aromatic heterocycles. The Bertz CT molecular complexity index is 1400. The van der Waals surface area contributed by atoms with E-state index in [0.29, 0.717) is 0 Å². The molecule has 0 amide bonds. The number of methoxy groups -OCH3 is 1. The van der Waals surface area contributed by atoms with Crippen molar-refractivity contribution in [3.63, 3.8) is 0 Å². The first kappa shape index (κ1) is 19.3. The Kier molecular flexibility index (Phi) is 5.14. The molecule has 5 rings (SSSR count). The van der Waals surface area contributed by atoms with Crippen molar-refractivity contribution in [3.05, 3.63) is 83.7 Å². The van der Waals surface area contributed by atoms with E-state index in [0.717, 1.165) is 55.2 Å². The molecule has 31 heavy (non-hydrogen) atoms. The van der Waals surface area contributed by atoms with Crippen LogP contribution in [0.2, 0.25) is 0 Å². The summed E-state index contributed by atoms with van der Waals surface area (Å²) in [6.07, 6.45) is 0.945. The molecule has 0 aliphatic carbocycles. The predicted molar refractivity (Wildman–Crippen MR) is 126 cm³/mol. The van der Waals surface area contributed by atoms with Crippen molar-refractivity contribution in [2.24, 2.45) is 5.10 Å². The molecule has 0 radical (unpaired) electrons. The molecule has 0 saturated carbocycles. The van der Waals surface area contributed by atoms with Gasteiger partial charge in [0.1, 0.15) is 17.1 Å². The van der Waals surface area contributed by atoms with Crippen LogP contribution in [0.4, 0.5) is 5.13 Å².